The van der Waals surface area contributed by atoms with Crippen LogP contribution in [-0.4, -0.2) is 32.9 Å². The summed E-state index contributed by atoms with van der Waals surface area (Å²) in [5, 5.41) is 11.5. The molecular weight excluding hydrogens is 304 g/mol. The number of imide groups is 1. The Balaban J connectivity index is 1.82. The van der Waals surface area contributed by atoms with Crippen molar-refractivity contribution in [3.63, 3.8) is 0 Å². The summed E-state index contributed by atoms with van der Waals surface area (Å²) in [5.74, 6) is -0.261. The number of nitrogens with two attached hydrogens (primary N) is 1. The van der Waals surface area contributed by atoms with Crippen molar-refractivity contribution in [3.05, 3.63) is 29.3 Å². The lowest BCUT2D eigenvalue weighted by atomic mass is 10.1. The second kappa shape index (κ2) is 6.94. The highest BCUT2D eigenvalue weighted by molar-refractivity contribution is 7.99. The smallest absolute Gasteiger partial charge is 0.325 e. The molecule has 5 N–H and O–H groups in total. The summed E-state index contributed by atoms with van der Waals surface area (Å²) < 4.78 is 0. The van der Waals surface area contributed by atoms with Crippen molar-refractivity contribution in [1.29, 1.82) is 0 Å². The van der Waals surface area contributed by atoms with Crippen LogP contribution in [0.3, 0.4) is 0 Å². The van der Waals surface area contributed by atoms with E-state index in [2.05, 4.69) is 25.8 Å². The summed E-state index contributed by atoms with van der Waals surface area (Å²) in [4.78, 5) is 27.3. The van der Waals surface area contributed by atoms with Gasteiger partial charge in [0.05, 0.1) is 5.75 Å². The van der Waals surface area contributed by atoms with Crippen molar-refractivity contribution in [1.82, 2.24) is 20.5 Å². The van der Waals surface area contributed by atoms with E-state index < -0.39 is 11.9 Å². The number of aromatic amines is 1. The zero-order valence-corrected chi connectivity index (χ0v) is 13.0. The molecule has 0 fully saturated rings. The van der Waals surface area contributed by atoms with Crippen molar-refractivity contribution >= 4 is 35.3 Å². The highest BCUT2D eigenvalue weighted by atomic mass is 32.2. The molecule has 0 radical (unpaired) electrons. The second-order valence-corrected chi connectivity index (χ2v) is 5.56. The van der Waals surface area contributed by atoms with E-state index in [1.165, 1.54) is 0 Å². The third kappa shape index (κ3) is 4.48. The van der Waals surface area contributed by atoms with Gasteiger partial charge < -0.3 is 11.1 Å². The summed E-state index contributed by atoms with van der Waals surface area (Å²) in [6.07, 6.45) is 0. The van der Waals surface area contributed by atoms with Crippen LogP contribution in [0.1, 0.15) is 11.1 Å². The third-order valence-corrected chi connectivity index (χ3v) is 3.54. The van der Waals surface area contributed by atoms with Crippen LogP contribution in [0, 0.1) is 13.8 Å². The Morgan fingerprint density at radius 3 is 2.77 bits per heavy atom. The lowest BCUT2D eigenvalue weighted by Gasteiger charge is -2.09. The Labute approximate surface area is 131 Å². The molecule has 1 aromatic heterocycles. The van der Waals surface area contributed by atoms with Crippen molar-refractivity contribution in [2.75, 3.05) is 16.8 Å². The number of carbonyl (C=O) groups excluding carboxylic acids is 2. The highest BCUT2D eigenvalue weighted by Gasteiger charge is 2.11. The van der Waals surface area contributed by atoms with Gasteiger partial charge in [0.2, 0.25) is 17.0 Å². The first-order valence-electron chi connectivity index (χ1n) is 6.43. The topological polar surface area (TPSA) is 126 Å². The molecule has 9 heteroatoms. The molecule has 0 spiro atoms. The van der Waals surface area contributed by atoms with Crippen LogP contribution in [0.5, 0.6) is 0 Å². The van der Waals surface area contributed by atoms with E-state index in [1.807, 2.05) is 26.0 Å². The van der Waals surface area contributed by atoms with E-state index in [9.17, 15) is 9.59 Å². The average Bonchev–Trinajstić information content (AvgIpc) is 2.85. The van der Waals surface area contributed by atoms with Crippen molar-refractivity contribution in [2.24, 2.45) is 0 Å². The fourth-order valence-electron chi connectivity index (χ4n) is 1.72. The monoisotopic (exact) mass is 320 g/mol. The van der Waals surface area contributed by atoms with Crippen LogP contribution in [0.15, 0.2) is 23.4 Å². The SMILES string of the molecule is Cc1ccc(NC(=O)NC(=O)CSc2n[nH]c(N)n2)c(C)c1. The minimum atomic E-state index is -0.577. The Morgan fingerprint density at radius 1 is 1.36 bits per heavy atom. The number of benzene rings is 1. The van der Waals surface area contributed by atoms with Crippen LogP contribution >= 0.6 is 11.8 Å². The molecule has 0 aliphatic rings. The number of amides is 3. The normalized spacial score (nSPS) is 10.3. The van der Waals surface area contributed by atoms with Gasteiger partial charge in [-0.2, -0.15) is 4.98 Å². The van der Waals surface area contributed by atoms with Gasteiger partial charge in [-0.3, -0.25) is 10.1 Å². The number of nitrogen functional groups attached to an aromatic ring is 1. The van der Waals surface area contributed by atoms with Gasteiger partial charge in [0.25, 0.3) is 0 Å². The molecule has 0 saturated heterocycles. The predicted molar refractivity (Wildman–Crippen MR) is 84.6 cm³/mol. The number of thioether (sulfide) groups is 1. The minimum absolute atomic E-state index is 0.0115. The van der Waals surface area contributed by atoms with Crippen molar-refractivity contribution in [3.8, 4) is 0 Å². The molecule has 2 aromatic rings. The summed E-state index contributed by atoms with van der Waals surface area (Å²) in [6, 6.07) is 5.04. The number of H-pyrrole nitrogens is 1. The maximum atomic E-state index is 11.8. The second-order valence-electron chi connectivity index (χ2n) is 4.61. The zero-order chi connectivity index (χ0) is 16.1. The fraction of sp³-hybridized carbons (Fsp3) is 0.231. The van der Waals surface area contributed by atoms with Crippen LogP contribution in [-0.2, 0) is 4.79 Å². The van der Waals surface area contributed by atoms with Gasteiger partial charge in [-0.1, -0.05) is 29.5 Å². The maximum Gasteiger partial charge on any atom is 0.325 e. The molecule has 0 bridgehead atoms. The lowest BCUT2D eigenvalue weighted by molar-refractivity contribution is -0.117. The lowest BCUT2D eigenvalue weighted by Crippen LogP contribution is -2.35. The van der Waals surface area contributed by atoms with Crippen LogP contribution in [0.2, 0.25) is 0 Å². The van der Waals surface area contributed by atoms with Gasteiger partial charge in [-0.05, 0) is 25.5 Å². The van der Waals surface area contributed by atoms with Gasteiger partial charge in [0.1, 0.15) is 0 Å². The molecule has 0 aliphatic heterocycles. The number of aryl methyl sites for hydroxylation is 2. The summed E-state index contributed by atoms with van der Waals surface area (Å²) in [5.41, 5.74) is 8.05. The number of urea groups is 1. The standard InChI is InChI=1S/C13H16N6O2S/c1-7-3-4-9(8(2)5-7)15-12(21)16-10(20)6-22-13-17-11(14)18-19-13/h3-5H,6H2,1-2H3,(H3,14,17,18,19)(H2,15,16,20,21). The quantitative estimate of drug-likeness (QED) is 0.632. The third-order valence-electron chi connectivity index (χ3n) is 2.70. The molecule has 0 saturated carbocycles. The Hall–Kier alpha value is -2.55. The maximum absolute atomic E-state index is 11.8. The first kappa shape index (κ1) is 15.8. The molecule has 8 nitrogen and oxygen atoms in total. The van der Waals surface area contributed by atoms with Crippen molar-refractivity contribution in [2.45, 2.75) is 19.0 Å². The van der Waals surface area contributed by atoms with Gasteiger partial charge in [-0.15, -0.1) is 5.10 Å². The van der Waals surface area contributed by atoms with E-state index in [0.29, 0.717) is 10.8 Å². The van der Waals surface area contributed by atoms with E-state index in [4.69, 9.17) is 5.73 Å². The molecule has 116 valence electrons. The molecule has 0 aliphatic carbocycles. The summed E-state index contributed by atoms with van der Waals surface area (Å²) >= 11 is 1.08. The molecule has 0 unspecified atom stereocenters. The van der Waals surface area contributed by atoms with Gasteiger partial charge in [-0.25, -0.2) is 9.89 Å². The first-order chi connectivity index (χ1) is 10.4. The van der Waals surface area contributed by atoms with E-state index in [-0.39, 0.29) is 11.7 Å². The summed E-state index contributed by atoms with van der Waals surface area (Å²) in [6.45, 7) is 3.85. The molecular formula is C13H16N6O2S. The summed E-state index contributed by atoms with van der Waals surface area (Å²) in [7, 11) is 0. The van der Waals surface area contributed by atoms with Crippen LogP contribution < -0.4 is 16.4 Å². The number of nitrogens with zero attached hydrogens (tertiary/aromatic N) is 2. The molecule has 3 amide bonds. The van der Waals surface area contributed by atoms with E-state index in [0.717, 1.165) is 22.9 Å². The number of carbonyl (C=O) groups is 2. The van der Waals surface area contributed by atoms with E-state index >= 15 is 0 Å². The van der Waals surface area contributed by atoms with Gasteiger partial charge >= 0.3 is 6.03 Å². The van der Waals surface area contributed by atoms with Crippen LogP contribution in [0.4, 0.5) is 16.4 Å². The van der Waals surface area contributed by atoms with E-state index in [1.54, 1.807) is 6.07 Å². The largest absolute Gasteiger partial charge is 0.368 e. The number of rotatable bonds is 4. The molecule has 1 heterocycles. The molecule has 2 rings (SSSR count). The van der Waals surface area contributed by atoms with Crippen molar-refractivity contribution < 1.29 is 9.59 Å². The number of hydrogen-bond donors (Lipinski definition) is 4. The number of aromatic nitrogens is 3. The van der Waals surface area contributed by atoms with Gasteiger partial charge in [0.15, 0.2) is 0 Å². The number of hydrogen-bond acceptors (Lipinski definition) is 6. The highest BCUT2D eigenvalue weighted by Crippen LogP contribution is 2.16. The Kier molecular flexibility index (Phi) is 4.99. The van der Waals surface area contributed by atoms with Crippen LogP contribution in [0.25, 0.3) is 0 Å². The fourth-order valence-corrected chi connectivity index (χ4v) is 2.33. The Morgan fingerprint density at radius 2 is 2.14 bits per heavy atom. The number of nitrogens with one attached hydrogen (secondary N) is 3. The Bertz CT molecular complexity index is 700. The zero-order valence-electron chi connectivity index (χ0n) is 12.1. The minimum Gasteiger partial charge on any atom is -0.368 e. The molecule has 0 atom stereocenters. The van der Waals surface area contributed by atoms with Gasteiger partial charge in [0, 0.05) is 5.69 Å². The average molecular weight is 320 g/mol. The molecule has 22 heavy (non-hydrogen) atoms. The first-order valence-corrected chi connectivity index (χ1v) is 7.41. The predicted octanol–water partition coefficient (Wildman–Crippen LogP) is 1.44. The number of anilines is 2. The molecule has 1 aromatic carbocycles.